The normalized spacial score (nSPS) is 13.0. The van der Waals surface area contributed by atoms with E-state index in [9.17, 15) is 17.6 Å². The summed E-state index contributed by atoms with van der Waals surface area (Å²) in [5.74, 6) is -0.538. The van der Waals surface area contributed by atoms with Crippen LogP contribution in [0.1, 0.15) is 24.0 Å². The van der Waals surface area contributed by atoms with Gasteiger partial charge in [0, 0.05) is 14.1 Å². The third-order valence-corrected chi connectivity index (χ3v) is 5.94. The molecule has 1 aliphatic carbocycles. The molecule has 2 N–H and O–H groups in total. The van der Waals surface area contributed by atoms with Crippen LogP contribution in [0.5, 0.6) is 0 Å². The molecule has 26 heavy (non-hydrogen) atoms. The van der Waals surface area contributed by atoms with Gasteiger partial charge >= 0.3 is 6.03 Å². The van der Waals surface area contributed by atoms with E-state index >= 15 is 0 Å². The maximum atomic E-state index is 13.2. The highest BCUT2D eigenvalue weighted by Crippen LogP contribution is 2.27. The average Bonchev–Trinajstić information content (AvgIpc) is 2.67. The van der Waals surface area contributed by atoms with E-state index < -0.39 is 15.7 Å². The van der Waals surface area contributed by atoms with Gasteiger partial charge in [-0.2, -0.15) is 0 Å². The van der Waals surface area contributed by atoms with Gasteiger partial charge in [-0.3, -0.25) is 0 Å². The fourth-order valence-corrected chi connectivity index (χ4v) is 4.11. The van der Waals surface area contributed by atoms with E-state index in [0.717, 1.165) is 37.3 Å². The van der Waals surface area contributed by atoms with Crippen molar-refractivity contribution in [1.29, 1.82) is 0 Å². The molecule has 1 aliphatic rings. The quantitative estimate of drug-likeness (QED) is 0.843. The van der Waals surface area contributed by atoms with E-state index in [1.165, 1.54) is 23.8 Å². The average molecular weight is 378 g/mol. The number of carbonyl (C=O) groups is 1. The van der Waals surface area contributed by atoms with Gasteiger partial charge in [0.1, 0.15) is 5.82 Å². The molecule has 7 heteroatoms. The smallest absolute Gasteiger partial charge is 0.314 e. The third-order valence-electron chi connectivity index (χ3n) is 4.19. The summed E-state index contributed by atoms with van der Waals surface area (Å²) in [6.07, 6.45) is 4.18. The Balaban J connectivity index is 0.000000352. The third kappa shape index (κ3) is 4.82. The van der Waals surface area contributed by atoms with Crippen LogP contribution in [0.4, 0.5) is 9.18 Å². The Morgan fingerprint density at radius 1 is 0.923 bits per heavy atom. The Labute approximate surface area is 153 Å². The van der Waals surface area contributed by atoms with Crippen LogP contribution in [0.2, 0.25) is 0 Å². The van der Waals surface area contributed by atoms with Crippen LogP contribution < -0.4 is 10.6 Å². The zero-order chi connectivity index (χ0) is 19.2. The summed E-state index contributed by atoms with van der Waals surface area (Å²) in [4.78, 5) is 10.2. The molecule has 140 valence electrons. The Morgan fingerprint density at radius 3 is 2.12 bits per heavy atom. The van der Waals surface area contributed by atoms with Gasteiger partial charge in [-0.15, -0.1) is 0 Å². The van der Waals surface area contributed by atoms with Crippen molar-refractivity contribution in [2.75, 3.05) is 14.1 Å². The zero-order valence-electron chi connectivity index (χ0n) is 14.9. The van der Waals surface area contributed by atoms with Crippen LogP contribution in [0.15, 0.2) is 52.3 Å². The lowest BCUT2D eigenvalue weighted by atomic mass is 9.92. The number of benzene rings is 2. The number of rotatable bonds is 2. The van der Waals surface area contributed by atoms with E-state index in [4.69, 9.17) is 0 Å². The summed E-state index contributed by atoms with van der Waals surface area (Å²) in [6.45, 7) is 0. The summed E-state index contributed by atoms with van der Waals surface area (Å²) < 4.78 is 38.2. The van der Waals surface area contributed by atoms with Gasteiger partial charge in [0.25, 0.3) is 0 Å². The van der Waals surface area contributed by atoms with Gasteiger partial charge in [-0.25, -0.2) is 17.6 Å². The van der Waals surface area contributed by atoms with Gasteiger partial charge in [0.15, 0.2) is 0 Å². The van der Waals surface area contributed by atoms with Crippen LogP contribution >= 0.6 is 0 Å². The maximum absolute atomic E-state index is 13.2. The van der Waals surface area contributed by atoms with Crippen LogP contribution in [-0.2, 0) is 22.7 Å². The topological polar surface area (TPSA) is 75.3 Å². The monoisotopic (exact) mass is 378 g/mol. The minimum Gasteiger partial charge on any atom is -0.341 e. The number of amides is 2. The molecule has 0 spiro atoms. The molecule has 0 aromatic heterocycles. The summed E-state index contributed by atoms with van der Waals surface area (Å²) in [5, 5.41) is 4.73. The first-order chi connectivity index (χ1) is 12.4. The maximum Gasteiger partial charge on any atom is 0.314 e. The van der Waals surface area contributed by atoms with E-state index in [1.807, 2.05) is 6.07 Å². The number of hydrogen-bond acceptors (Lipinski definition) is 3. The van der Waals surface area contributed by atoms with Crippen LogP contribution in [-0.4, -0.2) is 28.5 Å². The molecule has 0 saturated carbocycles. The lowest BCUT2D eigenvalue weighted by Gasteiger charge is -2.16. The molecule has 0 bridgehead atoms. The van der Waals surface area contributed by atoms with E-state index in [2.05, 4.69) is 10.6 Å². The molecule has 5 nitrogen and oxygen atoms in total. The number of carbonyl (C=O) groups excluding carboxylic acids is 1. The minimum absolute atomic E-state index is 0.00765. The Hall–Kier alpha value is -2.41. The second-order valence-corrected chi connectivity index (χ2v) is 7.88. The molecule has 0 atom stereocenters. The number of urea groups is 1. The molecule has 2 aromatic rings. The summed E-state index contributed by atoms with van der Waals surface area (Å²) in [6, 6.07) is 10.3. The molecule has 0 radical (unpaired) electrons. The van der Waals surface area contributed by atoms with Crippen molar-refractivity contribution in [3.63, 3.8) is 0 Å². The molecular weight excluding hydrogens is 355 g/mol. The van der Waals surface area contributed by atoms with Gasteiger partial charge in [0.2, 0.25) is 9.84 Å². The lowest BCUT2D eigenvalue weighted by molar-refractivity contribution is 0.245. The van der Waals surface area contributed by atoms with Crippen molar-refractivity contribution in [2.24, 2.45) is 0 Å². The molecule has 2 aromatic carbocycles. The molecule has 0 saturated heterocycles. The van der Waals surface area contributed by atoms with E-state index in [-0.39, 0.29) is 15.8 Å². The molecule has 2 amide bonds. The van der Waals surface area contributed by atoms with Crippen molar-refractivity contribution in [2.45, 2.75) is 35.5 Å². The molecule has 3 rings (SSSR count). The summed E-state index contributed by atoms with van der Waals surface area (Å²) in [5.41, 5.74) is 2.34. The molecule has 0 fully saturated rings. The minimum atomic E-state index is -3.63. The number of fused-ring (bicyclic) bond motifs is 1. The predicted molar refractivity (Wildman–Crippen MR) is 98.5 cm³/mol. The number of hydrogen-bond donors (Lipinski definition) is 2. The second kappa shape index (κ2) is 8.80. The first-order valence-corrected chi connectivity index (χ1v) is 9.88. The van der Waals surface area contributed by atoms with Gasteiger partial charge in [-0.05, 0) is 67.1 Å². The Bertz CT molecular complexity index is 876. The van der Waals surface area contributed by atoms with Crippen molar-refractivity contribution < 1.29 is 17.6 Å². The first kappa shape index (κ1) is 19.9. The highest BCUT2D eigenvalue weighted by atomic mass is 32.2. The van der Waals surface area contributed by atoms with Gasteiger partial charge in [-0.1, -0.05) is 12.1 Å². The Kier molecular flexibility index (Phi) is 6.74. The standard InChI is InChI=1S/C16H15FO2S.C3H8N2O/c17-14-6-3-7-15(11-14)20(18,19)16-9-8-12-4-1-2-5-13(12)10-16;1-4-3(6)5-2/h3,6-11H,1-2,4-5H2;1-2H3,(H2,4,5,6). The highest BCUT2D eigenvalue weighted by Gasteiger charge is 2.20. The van der Waals surface area contributed by atoms with Crippen molar-refractivity contribution in [1.82, 2.24) is 10.6 Å². The molecule has 0 heterocycles. The fourth-order valence-electron chi connectivity index (χ4n) is 2.77. The fraction of sp³-hybridized carbons (Fsp3) is 0.316. The number of sulfone groups is 1. The number of aryl methyl sites for hydroxylation is 2. The molecule has 0 unspecified atom stereocenters. The Morgan fingerprint density at radius 2 is 1.54 bits per heavy atom. The van der Waals surface area contributed by atoms with Crippen LogP contribution in [0.25, 0.3) is 0 Å². The second-order valence-electron chi connectivity index (χ2n) is 5.93. The number of halogens is 1. The van der Waals surface area contributed by atoms with Crippen LogP contribution in [0, 0.1) is 5.82 Å². The summed E-state index contributed by atoms with van der Waals surface area (Å²) >= 11 is 0. The van der Waals surface area contributed by atoms with Crippen LogP contribution in [0.3, 0.4) is 0 Å². The van der Waals surface area contributed by atoms with E-state index in [0.29, 0.717) is 0 Å². The zero-order valence-corrected chi connectivity index (χ0v) is 15.7. The van der Waals surface area contributed by atoms with Crippen molar-refractivity contribution in [3.05, 3.63) is 59.4 Å². The molecular formula is C19H23FN2O3S. The van der Waals surface area contributed by atoms with Gasteiger partial charge in [0.05, 0.1) is 9.79 Å². The van der Waals surface area contributed by atoms with Gasteiger partial charge < -0.3 is 10.6 Å². The number of nitrogens with one attached hydrogen (secondary N) is 2. The SMILES string of the molecule is CNC(=O)NC.O=S(=O)(c1cccc(F)c1)c1ccc2c(c1)CCCC2. The largest absolute Gasteiger partial charge is 0.341 e. The summed E-state index contributed by atoms with van der Waals surface area (Å²) in [7, 11) is -0.498. The lowest BCUT2D eigenvalue weighted by Crippen LogP contribution is -2.28. The van der Waals surface area contributed by atoms with Crippen molar-refractivity contribution in [3.8, 4) is 0 Å². The highest BCUT2D eigenvalue weighted by molar-refractivity contribution is 7.91. The van der Waals surface area contributed by atoms with Crippen molar-refractivity contribution >= 4 is 15.9 Å². The van der Waals surface area contributed by atoms with E-state index in [1.54, 1.807) is 26.2 Å². The first-order valence-electron chi connectivity index (χ1n) is 8.40. The molecule has 0 aliphatic heterocycles. The predicted octanol–water partition coefficient (Wildman–Crippen LogP) is 3.08.